The first-order valence-electron chi connectivity index (χ1n) is 12.7. The van der Waals surface area contributed by atoms with Crippen molar-refractivity contribution in [3.05, 3.63) is 0 Å². The lowest BCUT2D eigenvalue weighted by Gasteiger charge is -2.47. The molecule has 0 aliphatic carbocycles. The van der Waals surface area contributed by atoms with Gasteiger partial charge in [0.15, 0.2) is 14.1 Å². The molecule has 0 amide bonds. The third-order valence-corrected chi connectivity index (χ3v) is 19.4. The van der Waals surface area contributed by atoms with Crippen LogP contribution in [0.25, 0.3) is 0 Å². The molecule has 0 aromatic rings. The summed E-state index contributed by atoms with van der Waals surface area (Å²) in [6.45, 7) is 27.5. The van der Waals surface area contributed by atoms with Crippen LogP contribution in [0.4, 0.5) is 0 Å². The zero-order valence-electron chi connectivity index (χ0n) is 23.0. The molecule has 0 saturated carbocycles. The zero-order valence-corrected chi connectivity index (χ0v) is 25.9. The van der Waals surface area contributed by atoms with E-state index in [1.807, 2.05) is 0 Å². The van der Waals surface area contributed by atoms with Crippen LogP contribution in [0.1, 0.15) is 88.5 Å². The van der Waals surface area contributed by atoms with Crippen LogP contribution < -0.4 is 0 Å². The molecule has 1 aliphatic heterocycles. The van der Waals surface area contributed by atoms with Gasteiger partial charge in [-0.05, 0) is 46.9 Å². The predicted octanol–water partition coefficient (Wildman–Crippen LogP) is 7.79. The average Bonchev–Trinajstić information content (AvgIpc) is 2.64. The summed E-state index contributed by atoms with van der Waals surface area (Å²) in [6, 6.07) is 0. The van der Waals surface area contributed by atoms with E-state index in [1.54, 1.807) is 11.8 Å². The summed E-state index contributed by atoms with van der Waals surface area (Å²) in [5.41, 5.74) is 1.19. The number of rotatable bonds is 12. The largest absolute Gasteiger partial charge is 0.414 e. The molecule has 0 N–H and O–H groups in total. The SMILES string of the molecule is CCCCS[C@@H]1CC(=O)[C@H](O[Si](C(C)C)(C(C)C)C(C)C)[C@@H](CO[Si](C)(C)C(C)(C)C)O1. The third kappa shape index (κ3) is 7.41. The maximum atomic E-state index is 13.5. The van der Waals surface area contributed by atoms with E-state index in [0.29, 0.717) is 29.7 Å². The molecule has 0 radical (unpaired) electrons. The Bertz CT molecular complexity index is 565. The number of unbranched alkanes of at least 4 members (excludes halogenated alkanes) is 1. The lowest BCUT2D eigenvalue weighted by Crippen LogP contribution is -2.58. The summed E-state index contributed by atoms with van der Waals surface area (Å²) in [4.78, 5) is 13.5. The van der Waals surface area contributed by atoms with Gasteiger partial charge < -0.3 is 13.6 Å². The number of thioether (sulfide) groups is 1. The van der Waals surface area contributed by atoms with Crippen molar-refractivity contribution >= 4 is 34.2 Å². The van der Waals surface area contributed by atoms with Crippen LogP contribution in [0.3, 0.4) is 0 Å². The molecule has 0 aromatic heterocycles. The fraction of sp³-hybridized carbons (Fsp3) is 0.960. The highest BCUT2D eigenvalue weighted by molar-refractivity contribution is 7.99. The van der Waals surface area contributed by atoms with Crippen LogP contribution >= 0.6 is 11.8 Å². The van der Waals surface area contributed by atoms with Gasteiger partial charge in [-0.1, -0.05) is 75.7 Å². The van der Waals surface area contributed by atoms with E-state index in [2.05, 4.69) is 82.3 Å². The van der Waals surface area contributed by atoms with Crippen LogP contribution in [0.15, 0.2) is 0 Å². The maximum Gasteiger partial charge on any atom is 0.201 e. The van der Waals surface area contributed by atoms with E-state index < -0.39 is 22.7 Å². The van der Waals surface area contributed by atoms with E-state index in [9.17, 15) is 4.79 Å². The molecule has 0 spiro atoms. The Labute approximate surface area is 205 Å². The minimum atomic E-state index is -2.22. The van der Waals surface area contributed by atoms with Gasteiger partial charge in [-0.15, -0.1) is 11.8 Å². The second kappa shape index (κ2) is 12.3. The van der Waals surface area contributed by atoms with Gasteiger partial charge in [0.25, 0.3) is 0 Å². The smallest absolute Gasteiger partial charge is 0.201 e. The van der Waals surface area contributed by atoms with E-state index in [-0.39, 0.29) is 22.4 Å². The highest BCUT2D eigenvalue weighted by Gasteiger charge is 2.51. The van der Waals surface area contributed by atoms with Crippen molar-refractivity contribution in [2.24, 2.45) is 0 Å². The second-order valence-electron chi connectivity index (χ2n) is 11.9. The minimum absolute atomic E-state index is 0.0878. The van der Waals surface area contributed by atoms with Crippen LogP contribution in [0.2, 0.25) is 34.8 Å². The van der Waals surface area contributed by atoms with E-state index in [1.165, 1.54) is 0 Å². The van der Waals surface area contributed by atoms with Crippen LogP contribution in [0, 0.1) is 0 Å². The maximum absolute atomic E-state index is 13.5. The highest BCUT2D eigenvalue weighted by atomic mass is 32.2. The predicted molar refractivity (Wildman–Crippen MR) is 145 cm³/mol. The molecule has 1 aliphatic rings. The Morgan fingerprint density at radius 2 is 1.59 bits per heavy atom. The van der Waals surface area contributed by atoms with Crippen LogP contribution in [-0.2, 0) is 18.4 Å². The molecule has 0 bridgehead atoms. The molecule has 32 heavy (non-hydrogen) atoms. The van der Waals surface area contributed by atoms with Crippen molar-refractivity contribution in [3.63, 3.8) is 0 Å². The molecule has 3 atom stereocenters. The molecule has 190 valence electrons. The van der Waals surface area contributed by atoms with Gasteiger partial charge in [0.1, 0.15) is 17.6 Å². The number of carbonyl (C=O) groups excluding carboxylic acids is 1. The lowest BCUT2D eigenvalue weighted by atomic mass is 10.0. The molecule has 1 rings (SSSR count). The summed E-state index contributed by atoms with van der Waals surface area (Å²) in [6.07, 6.45) is 1.90. The molecule has 0 unspecified atom stereocenters. The van der Waals surface area contributed by atoms with E-state index in [4.69, 9.17) is 13.6 Å². The normalized spacial score (nSPS) is 23.6. The summed E-state index contributed by atoms with van der Waals surface area (Å²) in [5.74, 6) is 1.23. The second-order valence-corrected chi connectivity index (χ2v) is 23.4. The molecular formula is C25H52O4SSi2. The van der Waals surface area contributed by atoms with Gasteiger partial charge in [0, 0.05) is 6.42 Å². The fourth-order valence-electron chi connectivity index (χ4n) is 4.66. The molecular weight excluding hydrogens is 453 g/mol. The Morgan fingerprint density at radius 1 is 1.06 bits per heavy atom. The zero-order chi connectivity index (χ0) is 24.9. The number of hydrogen-bond acceptors (Lipinski definition) is 5. The Balaban J connectivity index is 3.19. The van der Waals surface area contributed by atoms with Gasteiger partial charge in [0.2, 0.25) is 8.32 Å². The first kappa shape index (κ1) is 30.4. The molecule has 1 fully saturated rings. The van der Waals surface area contributed by atoms with Crippen LogP contribution in [-0.4, -0.2) is 52.4 Å². The molecule has 4 nitrogen and oxygen atoms in total. The summed E-state index contributed by atoms with van der Waals surface area (Å²) in [5, 5.41) is 0.115. The lowest BCUT2D eigenvalue weighted by molar-refractivity contribution is -0.151. The van der Waals surface area contributed by atoms with Gasteiger partial charge in [-0.25, -0.2) is 0 Å². The van der Waals surface area contributed by atoms with Crippen molar-refractivity contribution in [3.8, 4) is 0 Å². The molecule has 0 aromatic carbocycles. The summed E-state index contributed by atoms with van der Waals surface area (Å²) in [7, 11) is -4.18. The molecule has 1 heterocycles. The fourth-order valence-corrected chi connectivity index (χ4v) is 12.4. The minimum Gasteiger partial charge on any atom is -0.414 e. The Morgan fingerprint density at radius 3 is 2.03 bits per heavy atom. The van der Waals surface area contributed by atoms with Crippen molar-refractivity contribution in [1.29, 1.82) is 0 Å². The van der Waals surface area contributed by atoms with Gasteiger partial charge >= 0.3 is 0 Å². The Hall–Kier alpha value is 0.334. The first-order valence-corrected chi connectivity index (χ1v) is 18.8. The molecule has 1 saturated heterocycles. The van der Waals surface area contributed by atoms with Crippen molar-refractivity contribution in [1.82, 2.24) is 0 Å². The quantitative estimate of drug-likeness (QED) is 0.200. The molecule has 7 heteroatoms. The third-order valence-electron chi connectivity index (χ3n) is 7.60. The van der Waals surface area contributed by atoms with Crippen molar-refractivity contribution in [2.45, 2.75) is 141 Å². The summed E-state index contributed by atoms with van der Waals surface area (Å²) < 4.78 is 20.1. The standard InChI is InChI=1S/C25H52O4SSi2/c1-13-14-15-30-23-16-21(26)24(29-32(18(2)3,19(4)5)20(6)7)22(28-23)17-27-31(11,12)25(8,9)10/h18-20,22-24H,13-17H2,1-12H3/t22-,23-,24+/m1/s1. The first-order chi connectivity index (χ1) is 14.6. The van der Waals surface area contributed by atoms with Crippen LogP contribution in [0.5, 0.6) is 0 Å². The van der Waals surface area contributed by atoms with Gasteiger partial charge in [0.05, 0.1) is 6.61 Å². The van der Waals surface area contributed by atoms with Gasteiger partial charge in [-0.2, -0.15) is 0 Å². The van der Waals surface area contributed by atoms with Crippen molar-refractivity contribution < 1.29 is 18.4 Å². The monoisotopic (exact) mass is 504 g/mol. The number of Topliss-reactive ketones (excluding diaryl/α,β-unsaturated/α-hetero) is 1. The van der Waals surface area contributed by atoms with Crippen molar-refractivity contribution in [2.75, 3.05) is 12.4 Å². The Kier molecular flexibility index (Phi) is 11.7. The summed E-state index contributed by atoms with van der Waals surface area (Å²) >= 11 is 1.78. The van der Waals surface area contributed by atoms with E-state index in [0.717, 1.165) is 18.6 Å². The number of hydrogen-bond donors (Lipinski definition) is 0. The van der Waals surface area contributed by atoms with E-state index >= 15 is 0 Å². The average molecular weight is 505 g/mol. The topological polar surface area (TPSA) is 44.8 Å². The number of carbonyl (C=O) groups is 1. The highest BCUT2D eigenvalue weighted by Crippen LogP contribution is 2.45. The van der Waals surface area contributed by atoms with Gasteiger partial charge in [-0.3, -0.25) is 4.79 Å². The number of ketones is 1. The number of ether oxygens (including phenoxy) is 1.